The average Bonchev–Trinajstić information content (AvgIpc) is 3.02. The van der Waals surface area contributed by atoms with Crippen molar-refractivity contribution in [3.63, 3.8) is 0 Å². The molecule has 0 aliphatic heterocycles. The normalized spacial score (nSPS) is 10.4. The lowest BCUT2D eigenvalue weighted by Gasteiger charge is -2.23. The summed E-state index contributed by atoms with van der Waals surface area (Å²) < 4.78 is 0. The Kier molecular flexibility index (Phi) is 8.80. The molecule has 2 heterocycles. The largest absolute Gasteiger partial charge is 0.255 e. The van der Waals surface area contributed by atoms with Crippen LogP contribution in [0.3, 0.4) is 0 Å². The summed E-state index contributed by atoms with van der Waals surface area (Å²) in [6.45, 7) is 0. The molecule has 0 amide bonds. The molecule has 2 aromatic heterocycles. The number of halogens is 2. The van der Waals surface area contributed by atoms with Gasteiger partial charge in [-0.1, -0.05) is 127 Å². The fraction of sp³-hybridized carbons (Fsp3) is 0.0286. The molecule has 0 bridgehead atoms. The molecule has 39 heavy (non-hydrogen) atoms. The molecule has 0 N–H and O–H groups in total. The van der Waals surface area contributed by atoms with Gasteiger partial charge in [-0.3, -0.25) is 4.98 Å². The quantitative estimate of drug-likeness (QED) is 0.202. The first-order valence-electron chi connectivity index (χ1n) is 12.6. The highest BCUT2D eigenvalue weighted by molar-refractivity contribution is 6.40. The van der Waals surface area contributed by atoms with E-state index in [0.29, 0.717) is 0 Å². The van der Waals surface area contributed by atoms with Crippen LogP contribution < -0.4 is 0 Å². The van der Waals surface area contributed by atoms with Gasteiger partial charge in [0.15, 0.2) is 0 Å². The lowest BCUT2D eigenvalue weighted by Crippen LogP contribution is -2.02. The van der Waals surface area contributed by atoms with Gasteiger partial charge >= 0.3 is 0 Å². The summed E-state index contributed by atoms with van der Waals surface area (Å²) in [6.07, 6.45) is 1.83. The van der Waals surface area contributed by atoms with E-state index in [1.165, 1.54) is 0 Å². The number of nitrogens with zero attached hydrogens (tertiary/aromatic N) is 2. The minimum Gasteiger partial charge on any atom is -0.255 e. The van der Waals surface area contributed by atoms with Gasteiger partial charge in [0.2, 0.25) is 0 Å². The summed E-state index contributed by atoms with van der Waals surface area (Å²) in [5.74, 6) is 0. The van der Waals surface area contributed by atoms with Gasteiger partial charge < -0.3 is 0 Å². The summed E-state index contributed by atoms with van der Waals surface area (Å²) >= 11 is 9.53. The van der Waals surface area contributed by atoms with Crippen LogP contribution in [0.15, 0.2) is 146 Å². The predicted octanol–water partition coefficient (Wildman–Crippen LogP) is 10.2. The summed E-state index contributed by atoms with van der Waals surface area (Å²) in [7, 11) is 0. The van der Waals surface area contributed by atoms with E-state index in [-0.39, 0.29) is 5.34 Å². The van der Waals surface area contributed by atoms with Crippen molar-refractivity contribution in [3.05, 3.63) is 146 Å². The number of pyridine rings is 2. The Balaban J connectivity index is 0.000000983. The van der Waals surface area contributed by atoms with Gasteiger partial charge in [-0.05, 0) is 28.8 Å². The zero-order valence-corrected chi connectivity index (χ0v) is 22.7. The van der Waals surface area contributed by atoms with E-state index in [4.69, 9.17) is 33.2 Å². The van der Waals surface area contributed by atoms with Crippen molar-refractivity contribution in [2.24, 2.45) is 0 Å². The second kappa shape index (κ2) is 13.0. The molecule has 0 atom stereocenters. The Morgan fingerprint density at radius 1 is 0.410 bits per heavy atom. The molecule has 6 rings (SSSR count). The maximum Gasteiger partial charge on any atom is 0.0978 e. The second-order valence-electron chi connectivity index (χ2n) is 8.71. The van der Waals surface area contributed by atoms with Crippen molar-refractivity contribution >= 4 is 23.2 Å². The standard InChI is InChI=1S/C34H24N2.CH2Cl2/c1-5-15-25(16-6-1)30-31(26-17-7-2-8-18-26)33(28-21-11-4-12-22-28)36-34(29-23-13-14-24-35-29)32(30)27-19-9-3-10-20-27;2-1-3/h1-24H;1H2. The van der Waals surface area contributed by atoms with E-state index in [9.17, 15) is 0 Å². The highest BCUT2D eigenvalue weighted by atomic mass is 35.5. The molecule has 0 saturated heterocycles. The lowest BCUT2D eigenvalue weighted by molar-refractivity contribution is 1.25. The molecule has 2 nitrogen and oxygen atoms in total. The Hall–Kier alpha value is -4.24. The second-order valence-corrected chi connectivity index (χ2v) is 9.52. The number of benzene rings is 4. The van der Waals surface area contributed by atoms with Crippen LogP contribution in [0.5, 0.6) is 0 Å². The lowest BCUT2D eigenvalue weighted by atomic mass is 9.84. The third-order valence-electron chi connectivity index (χ3n) is 6.34. The van der Waals surface area contributed by atoms with E-state index in [0.717, 1.165) is 56.0 Å². The van der Waals surface area contributed by atoms with E-state index in [1.807, 2.05) is 30.5 Å². The predicted molar refractivity (Wildman–Crippen MR) is 166 cm³/mol. The Labute approximate surface area is 239 Å². The van der Waals surface area contributed by atoms with Gasteiger partial charge in [-0.2, -0.15) is 0 Å². The van der Waals surface area contributed by atoms with Crippen molar-refractivity contribution in [3.8, 4) is 56.0 Å². The highest BCUT2D eigenvalue weighted by Crippen LogP contribution is 2.48. The summed E-state index contributed by atoms with van der Waals surface area (Å²) in [4.78, 5) is 10.1. The molecule has 4 aromatic carbocycles. The molecule has 6 aromatic rings. The van der Waals surface area contributed by atoms with Gasteiger partial charge in [0.05, 0.1) is 22.4 Å². The fourth-order valence-electron chi connectivity index (χ4n) is 4.74. The van der Waals surface area contributed by atoms with Crippen molar-refractivity contribution in [1.82, 2.24) is 9.97 Å². The number of alkyl halides is 2. The van der Waals surface area contributed by atoms with Crippen molar-refractivity contribution in [1.29, 1.82) is 0 Å². The summed E-state index contributed by atoms with van der Waals surface area (Å²) in [6, 6.07) is 48.2. The molecule has 0 fully saturated rings. The first kappa shape index (κ1) is 26.4. The maximum absolute atomic E-state index is 5.39. The zero-order chi connectivity index (χ0) is 26.9. The van der Waals surface area contributed by atoms with Crippen LogP contribution in [-0.4, -0.2) is 15.3 Å². The summed E-state index contributed by atoms with van der Waals surface area (Å²) in [5, 5.41) is 0.194. The Bertz CT molecular complexity index is 1510. The van der Waals surface area contributed by atoms with Crippen LogP contribution in [0.1, 0.15) is 0 Å². The topological polar surface area (TPSA) is 25.8 Å². The minimum absolute atomic E-state index is 0.194. The van der Waals surface area contributed by atoms with Crippen LogP contribution in [0.25, 0.3) is 56.0 Å². The Morgan fingerprint density at radius 2 is 0.795 bits per heavy atom. The highest BCUT2D eigenvalue weighted by Gasteiger charge is 2.25. The van der Waals surface area contributed by atoms with Gasteiger partial charge in [0, 0.05) is 28.5 Å². The molecule has 0 aliphatic carbocycles. The third-order valence-corrected chi connectivity index (χ3v) is 6.34. The molecular weight excluding hydrogens is 519 g/mol. The molecule has 0 unspecified atom stereocenters. The molecule has 4 heteroatoms. The van der Waals surface area contributed by atoms with Crippen molar-refractivity contribution in [2.45, 2.75) is 0 Å². The number of aromatic nitrogens is 2. The first-order chi connectivity index (χ1) is 19.3. The van der Waals surface area contributed by atoms with Gasteiger partial charge in [0.25, 0.3) is 0 Å². The summed E-state index contributed by atoms with van der Waals surface area (Å²) in [5.41, 5.74) is 10.5. The van der Waals surface area contributed by atoms with Crippen LogP contribution in [0.2, 0.25) is 0 Å². The molecule has 0 saturated carbocycles. The van der Waals surface area contributed by atoms with Crippen LogP contribution in [-0.2, 0) is 0 Å². The van der Waals surface area contributed by atoms with Crippen molar-refractivity contribution < 1.29 is 0 Å². The van der Waals surface area contributed by atoms with Gasteiger partial charge in [0.1, 0.15) is 0 Å². The van der Waals surface area contributed by atoms with Crippen LogP contribution in [0, 0.1) is 0 Å². The monoisotopic (exact) mass is 544 g/mol. The molecule has 0 radical (unpaired) electrons. The number of hydrogen-bond donors (Lipinski definition) is 0. The molecule has 190 valence electrons. The zero-order valence-electron chi connectivity index (χ0n) is 21.2. The smallest absolute Gasteiger partial charge is 0.0978 e. The van der Waals surface area contributed by atoms with Crippen LogP contribution >= 0.6 is 23.2 Å². The van der Waals surface area contributed by atoms with Gasteiger partial charge in [-0.25, -0.2) is 4.98 Å². The number of hydrogen-bond acceptors (Lipinski definition) is 2. The van der Waals surface area contributed by atoms with Gasteiger partial charge in [-0.15, -0.1) is 23.2 Å². The molecular formula is C35H26Cl2N2. The SMILES string of the molecule is ClCCl.c1ccc(-c2nc(-c3ccccn3)c(-c3ccccc3)c(-c3ccccc3)c2-c2ccccc2)cc1. The van der Waals surface area contributed by atoms with Crippen LogP contribution in [0.4, 0.5) is 0 Å². The van der Waals surface area contributed by atoms with E-state index in [2.05, 4.69) is 115 Å². The van der Waals surface area contributed by atoms with E-state index in [1.54, 1.807) is 0 Å². The third kappa shape index (κ3) is 5.93. The van der Waals surface area contributed by atoms with E-state index >= 15 is 0 Å². The van der Waals surface area contributed by atoms with E-state index < -0.39 is 0 Å². The van der Waals surface area contributed by atoms with Crippen molar-refractivity contribution in [2.75, 3.05) is 5.34 Å². The fourth-order valence-corrected chi connectivity index (χ4v) is 4.74. The number of rotatable bonds is 5. The maximum atomic E-state index is 5.39. The minimum atomic E-state index is 0.194. The molecule has 0 spiro atoms. The Morgan fingerprint density at radius 3 is 1.23 bits per heavy atom. The first-order valence-corrected chi connectivity index (χ1v) is 13.7. The average molecular weight is 546 g/mol. The molecule has 0 aliphatic rings.